The van der Waals surface area contributed by atoms with Crippen molar-refractivity contribution in [2.24, 2.45) is 0 Å². The van der Waals surface area contributed by atoms with Gasteiger partial charge >= 0.3 is 0 Å². The first-order chi connectivity index (χ1) is 10.9. The van der Waals surface area contributed by atoms with Crippen LogP contribution in [0.3, 0.4) is 0 Å². The number of hydrogen-bond donors (Lipinski definition) is 1. The third-order valence-electron chi connectivity index (χ3n) is 3.83. The van der Waals surface area contributed by atoms with Gasteiger partial charge in [-0.3, -0.25) is 14.2 Å². The molecule has 1 aromatic carbocycles. The number of anilines is 1. The molecule has 1 N–H and O–H groups in total. The van der Waals surface area contributed by atoms with Gasteiger partial charge in [0.2, 0.25) is 5.91 Å². The molecule has 1 amide bonds. The highest BCUT2D eigenvalue weighted by molar-refractivity contribution is 7.99. The summed E-state index contributed by atoms with van der Waals surface area (Å²) in [5.74, 6) is 0.619. The van der Waals surface area contributed by atoms with Crippen LogP contribution in [0.4, 0.5) is 5.69 Å². The van der Waals surface area contributed by atoms with E-state index in [-0.39, 0.29) is 23.9 Å². The van der Waals surface area contributed by atoms with Crippen LogP contribution in [0.5, 0.6) is 0 Å². The monoisotopic (exact) mass is 329 g/mol. The Labute approximate surface area is 139 Å². The Morgan fingerprint density at radius 2 is 2.00 bits per heavy atom. The van der Waals surface area contributed by atoms with Gasteiger partial charge in [-0.05, 0) is 44.0 Å². The van der Waals surface area contributed by atoms with E-state index in [1.54, 1.807) is 17.7 Å². The van der Waals surface area contributed by atoms with Crippen molar-refractivity contribution in [3.63, 3.8) is 0 Å². The average molecular weight is 329 g/mol. The van der Waals surface area contributed by atoms with Crippen molar-refractivity contribution in [3.05, 3.63) is 51.4 Å². The number of carbonyl (C=O) groups excluding carboxylic acids is 1. The molecule has 0 fully saturated rings. The van der Waals surface area contributed by atoms with E-state index in [0.29, 0.717) is 16.5 Å². The Balaban J connectivity index is 1.76. The minimum Gasteiger partial charge on any atom is -0.326 e. The van der Waals surface area contributed by atoms with Gasteiger partial charge in [0, 0.05) is 29.6 Å². The molecule has 0 saturated carbocycles. The van der Waals surface area contributed by atoms with Crippen LogP contribution in [0.1, 0.15) is 29.2 Å². The molecule has 23 heavy (non-hydrogen) atoms. The first kappa shape index (κ1) is 15.8. The smallest absolute Gasteiger partial charge is 0.257 e. The molecule has 2 aromatic rings. The van der Waals surface area contributed by atoms with E-state index < -0.39 is 0 Å². The van der Waals surface area contributed by atoms with Crippen LogP contribution in [0, 0.1) is 20.8 Å². The molecule has 0 bridgehead atoms. The molecule has 0 saturated heterocycles. The van der Waals surface area contributed by atoms with Gasteiger partial charge in [0.1, 0.15) is 0 Å². The molecule has 120 valence electrons. The van der Waals surface area contributed by atoms with Gasteiger partial charge in [0.25, 0.3) is 5.56 Å². The highest BCUT2D eigenvalue weighted by atomic mass is 32.2. The maximum absolute atomic E-state index is 12.3. The van der Waals surface area contributed by atoms with Crippen molar-refractivity contribution in [1.29, 1.82) is 0 Å². The molecule has 5 nitrogen and oxygen atoms in total. The second-order valence-electron chi connectivity index (χ2n) is 5.99. The minimum absolute atomic E-state index is 0.0517. The minimum atomic E-state index is -0.138. The second kappa shape index (κ2) is 6.20. The fraction of sp³-hybridized carbons (Fsp3) is 0.353. The van der Waals surface area contributed by atoms with Gasteiger partial charge in [-0.1, -0.05) is 17.8 Å². The average Bonchev–Trinajstić information content (AvgIpc) is 2.85. The van der Waals surface area contributed by atoms with Gasteiger partial charge in [0.15, 0.2) is 5.16 Å². The number of fused-ring (bicyclic) bond motifs is 1. The summed E-state index contributed by atoms with van der Waals surface area (Å²) < 4.78 is 1.65. The lowest BCUT2D eigenvalue weighted by Crippen LogP contribution is -2.28. The van der Waals surface area contributed by atoms with Gasteiger partial charge in [0.05, 0.1) is 6.04 Å². The van der Waals surface area contributed by atoms with Gasteiger partial charge in [-0.15, -0.1) is 0 Å². The lowest BCUT2D eigenvalue weighted by molar-refractivity contribution is -0.116. The summed E-state index contributed by atoms with van der Waals surface area (Å²) in [4.78, 5) is 28.9. The first-order valence-corrected chi connectivity index (χ1v) is 8.51. The summed E-state index contributed by atoms with van der Waals surface area (Å²) in [5, 5.41) is 3.63. The van der Waals surface area contributed by atoms with Crippen LogP contribution < -0.4 is 10.9 Å². The molecular formula is C17H19N3O2S. The van der Waals surface area contributed by atoms with E-state index in [2.05, 4.69) is 16.4 Å². The van der Waals surface area contributed by atoms with E-state index in [1.807, 2.05) is 26.0 Å². The zero-order valence-corrected chi connectivity index (χ0v) is 14.2. The normalized spacial score (nSPS) is 16.2. The third-order valence-corrected chi connectivity index (χ3v) is 4.94. The third kappa shape index (κ3) is 3.32. The molecule has 1 atom stereocenters. The van der Waals surface area contributed by atoms with Crippen molar-refractivity contribution in [1.82, 2.24) is 9.55 Å². The van der Waals surface area contributed by atoms with E-state index in [0.717, 1.165) is 16.8 Å². The molecular weight excluding hydrogens is 310 g/mol. The van der Waals surface area contributed by atoms with Crippen LogP contribution in [0.15, 0.2) is 34.3 Å². The van der Waals surface area contributed by atoms with Crippen LogP contribution >= 0.6 is 11.8 Å². The standard InChI is InChI=1S/C17H19N3O2S/c1-10-4-11(2)6-13(5-10)19-15(21)7-14-9-23-17-18-8-12(3)16(22)20(14)17/h4-6,8,14H,7,9H2,1-3H3,(H,19,21). The SMILES string of the molecule is Cc1cc(C)cc(NC(=O)CC2CSc3ncc(C)c(=O)n32)c1. The van der Waals surface area contributed by atoms with Crippen molar-refractivity contribution < 1.29 is 4.79 Å². The number of aromatic nitrogens is 2. The van der Waals surface area contributed by atoms with E-state index in [9.17, 15) is 9.59 Å². The van der Waals surface area contributed by atoms with Crippen molar-refractivity contribution in [3.8, 4) is 0 Å². The number of amides is 1. The summed E-state index contributed by atoms with van der Waals surface area (Å²) in [6.07, 6.45) is 1.87. The number of thioether (sulfide) groups is 1. The Kier molecular flexibility index (Phi) is 4.26. The van der Waals surface area contributed by atoms with Gasteiger partial charge in [-0.2, -0.15) is 0 Å². The topological polar surface area (TPSA) is 64.0 Å². The molecule has 0 aliphatic carbocycles. The van der Waals surface area contributed by atoms with Gasteiger partial charge in [-0.25, -0.2) is 4.98 Å². The molecule has 3 rings (SSSR count). The Morgan fingerprint density at radius 1 is 1.30 bits per heavy atom. The van der Waals surface area contributed by atoms with Crippen molar-refractivity contribution >= 4 is 23.4 Å². The summed E-state index contributed by atoms with van der Waals surface area (Å²) in [6.45, 7) is 5.75. The predicted octanol–water partition coefficient (Wildman–Crippen LogP) is 2.84. The summed E-state index contributed by atoms with van der Waals surface area (Å²) >= 11 is 1.52. The fourth-order valence-corrected chi connectivity index (χ4v) is 3.95. The number of hydrogen-bond acceptors (Lipinski definition) is 4. The van der Waals surface area contributed by atoms with Crippen LogP contribution in [0.25, 0.3) is 0 Å². The number of nitrogens with zero attached hydrogens (tertiary/aromatic N) is 2. The number of benzene rings is 1. The molecule has 6 heteroatoms. The predicted molar refractivity (Wildman–Crippen MR) is 92.2 cm³/mol. The summed E-state index contributed by atoms with van der Waals surface area (Å²) in [5.41, 5.74) is 3.57. The Hall–Kier alpha value is -2.08. The van der Waals surface area contributed by atoms with Crippen LogP contribution in [-0.4, -0.2) is 21.2 Å². The highest BCUT2D eigenvalue weighted by Crippen LogP contribution is 2.32. The van der Waals surface area contributed by atoms with Crippen molar-refractivity contribution in [2.75, 3.05) is 11.1 Å². The van der Waals surface area contributed by atoms with Gasteiger partial charge < -0.3 is 5.32 Å². The first-order valence-electron chi connectivity index (χ1n) is 7.53. The quantitative estimate of drug-likeness (QED) is 0.880. The van der Waals surface area contributed by atoms with E-state index in [1.165, 1.54) is 11.8 Å². The molecule has 1 aromatic heterocycles. The maximum Gasteiger partial charge on any atom is 0.257 e. The number of nitrogens with one attached hydrogen (secondary N) is 1. The Bertz CT molecular complexity index is 809. The molecule has 1 unspecified atom stereocenters. The molecule has 0 radical (unpaired) electrons. The zero-order valence-electron chi connectivity index (χ0n) is 13.4. The lowest BCUT2D eigenvalue weighted by atomic mass is 10.1. The largest absolute Gasteiger partial charge is 0.326 e. The summed E-state index contributed by atoms with van der Waals surface area (Å²) in [7, 11) is 0. The van der Waals surface area contributed by atoms with E-state index >= 15 is 0 Å². The number of rotatable bonds is 3. The Morgan fingerprint density at radius 3 is 2.70 bits per heavy atom. The highest BCUT2D eigenvalue weighted by Gasteiger charge is 2.27. The molecule has 2 heterocycles. The maximum atomic E-state index is 12.3. The van der Waals surface area contributed by atoms with Crippen LogP contribution in [0.2, 0.25) is 0 Å². The second-order valence-corrected chi connectivity index (χ2v) is 6.98. The molecule has 1 aliphatic rings. The summed E-state index contributed by atoms with van der Waals surface area (Å²) in [6, 6.07) is 5.81. The lowest BCUT2D eigenvalue weighted by Gasteiger charge is -2.14. The number of carbonyl (C=O) groups is 1. The van der Waals surface area contributed by atoms with Crippen LogP contribution in [-0.2, 0) is 4.79 Å². The molecule has 0 spiro atoms. The van der Waals surface area contributed by atoms with E-state index in [4.69, 9.17) is 0 Å². The fourth-order valence-electron chi connectivity index (χ4n) is 2.84. The van der Waals surface area contributed by atoms with Crippen molar-refractivity contribution in [2.45, 2.75) is 38.4 Å². The zero-order chi connectivity index (χ0) is 16.6. The molecule has 1 aliphatic heterocycles. The number of aryl methyl sites for hydroxylation is 3.